The van der Waals surface area contributed by atoms with Crippen LogP contribution in [0.1, 0.15) is 30.6 Å². The Bertz CT molecular complexity index is 526. The van der Waals surface area contributed by atoms with Crippen molar-refractivity contribution in [1.29, 1.82) is 0 Å². The number of Topliss-reactive ketones (excluding diaryl/α,β-unsaturated/α-hetero) is 1. The molecule has 102 valence electrons. The van der Waals surface area contributed by atoms with Crippen LogP contribution in [0.2, 0.25) is 0 Å². The Hall–Kier alpha value is -1.46. The summed E-state index contributed by atoms with van der Waals surface area (Å²) < 4.78 is 30.0. The highest BCUT2D eigenvalue weighted by atomic mass is 19.1. The molecule has 1 fully saturated rings. The molecule has 0 spiro atoms. The fourth-order valence-electron chi connectivity index (χ4n) is 2.43. The van der Waals surface area contributed by atoms with Gasteiger partial charge in [0.15, 0.2) is 11.6 Å². The number of ketones is 1. The van der Waals surface area contributed by atoms with Crippen LogP contribution in [0.4, 0.5) is 4.39 Å². The van der Waals surface area contributed by atoms with Crippen molar-refractivity contribution >= 4 is 5.78 Å². The van der Waals surface area contributed by atoms with E-state index in [-0.39, 0.29) is 24.4 Å². The van der Waals surface area contributed by atoms with Crippen LogP contribution in [0, 0.1) is 5.82 Å². The third-order valence-corrected chi connectivity index (χ3v) is 3.35. The molecule has 2 heterocycles. The lowest BCUT2D eigenvalue weighted by Crippen LogP contribution is -2.39. The highest BCUT2D eigenvalue weighted by molar-refractivity contribution is 5.99. The Kier molecular flexibility index (Phi) is 2.83. The summed E-state index contributed by atoms with van der Waals surface area (Å²) in [5, 5.41) is 0. The van der Waals surface area contributed by atoms with Crippen molar-refractivity contribution in [2.45, 2.75) is 38.3 Å². The largest absolute Gasteiger partial charge is 0.486 e. The Morgan fingerprint density at radius 3 is 2.79 bits per heavy atom. The number of hydrogen-bond acceptors (Lipinski definition) is 4. The summed E-state index contributed by atoms with van der Waals surface area (Å²) in [5.41, 5.74) is 0.300. The zero-order valence-corrected chi connectivity index (χ0v) is 10.8. The van der Waals surface area contributed by atoms with Gasteiger partial charge in [0.1, 0.15) is 23.8 Å². The highest BCUT2D eigenvalue weighted by Gasteiger charge is 2.41. The number of hydrogen-bond donors (Lipinski definition) is 0. The van der Waals surface area contributed by atoms with Gasteiger partial charge in [-0.3, -0.25) is 4.79 Å². The van der Waals surface area contributed by atoms with Crippen molar-refractivity contribution in [2.75, 3.05) is 6.61 Å². The van der Waals surface area contributed by atoms with E-state index in [0.29, 0.717) is 17.9 Å². The van der Waals surface area contributed by atoms with Gasteiger partial charge in [-0.25, -0.2) is 4.39 Å². The van der Waals surface area contributed by atoms with Crippen molar-refractivity contribution < 1.29 is 23.4 Å². The smallest absolute Gasteiger partial charge is 0.170 e. The number of halogens is 1. The van der Waals surface area contributed by atoms with Crippen LogP contribution in [0.15, 0.2) is 18.2 Å². The fourth-order valence-corrected chi connectivity index (χ4v) is 2.43. The van der Waals surface area contributed by atoms with Crippen LogP contribution in [0.5, 0.6) is 5.75 Å². The van der Waals surface area contributed by atoms with E-state index in [1.54, 1.807) is 0 Å². The van der Waals surface area contributed by atoms with E-state index in [4.69, 9.17) is 14.2 Å². The second-order valence-electron chi connectivity index (χ2n) is 5.29. The van der Waals surface area contributed by atoms with Crippen LogP contribution >= 0.6 is 0 Å². The van der Waals surface area contributed by atoms with E-state index in [1.165, 1.54) is 18.2 Å². The molecule has 0 N–H and O–H groups in total. The van der Waals surface area contributed by atoms with E-state index in [2.05, 4.69) is 0 Å². The van der Waals surface area contributed by atoms with Gasteiger partial charge in [-0.05, 0) is 32.0 Å². The van der Waals surface area contributed by atoms with Gasteiger partial charge < -0.3 is 14.2 Å². The van der Waals surface area contributed by atoms with Crippen molar-refractivity contribution in [3.05, 3.63) is 29.6 Å². The molecule has 19 heavy (non-hydrogen) atoms. The topological polar surface area (TPSA) is 44.8 Å². The molecule has 0 amide bonds. The predicted molar refractivity (Wildman–Crippen MR) is 64.7 cm³/mol. The first-order valence-corrected chi connectivity index (χ1v) is 6.26. The molecule has 0 saturated carbocycles. The maximum absolute atomic E-state index is 13.1. The lowest BCUT2D eigenvalue weighted by molar-refractivity contribution is -0.149. The van der Waals surface area contributed by atoms with Gasteiger partial charge in [0.2, 0.25) is 0 Å². The van der Waals surface area contributed by atoms with Crippen molar-refractivity contribution in [3.8, 4) is 5.75 Å². The maximum atomic E-state index is 13.1. The minimum Gasteiger partial charge on any atom is -0.486 e. The summed E-state index contributed by atoms with van der Waals surface area (Å²) in [6.07, 6.45) is -0.481. The van der Waals surface area contributed by atoms with E-state index in [0.717, 1.165) is 0 Å². The predicted octanol–water partition coefficient (Wildman–Crippen LogP) is 2.31. The van der Waals surface area contributed by atoms with Gasteiger partial charge in [-0.15, -0.1) is 0 Å². The average molecular weight is 266 g/mol. The first kappa shape index (κ1) is 12.6. The van der Waals surface area contributed by atoms with Crippen molar-refractivity contribution in [1.82, 2.24) is 0 Å². The summed E-state index contributed by atoms with van der Waals surface area (Å²) >= 11 is 0. The number of ether oxygens (including phenoxy) is 3. The van der Waals surface area contributed by atoms with Crippen LogP contribution in [0.3, 0.4) is 0 Å². The summed E-state index contributed by atoms with van der Waals surface area (Å²) in [4.78, 5) is 12.0. The van der Waals surface area contributed by atoms with E-state index in [1.807, 2.05) is 13.8 Å². The Morgan fingerprint density at radius 2 is 2.11 bits per heavy atom. The first-order valence-electron chi connectivity index (χ1n) is 6.26. The molecule has 0 radical (unpaired) electrons. The molecule has 3 rings (SSSR count). The Labute approximate surface area is 110 Å². The molecular formula is C14H15FO4. The molecule has 5 heteroatoms. The minimum absolute atomic E-state index is 0.126. The van der Waals surface area contributed by atoms with E-state index in [9.17, 15) is 9.18 Å². The zero-order chi connectivity index (χ0) is 13.6. The summed E-state index contributed by atoms with van der Waals surface area (Å²) in [6, 6.07) is 3.98. The second kappa shape index (κ2) is 4.28. The quantitative estimate of drug-likeness (QED) is 0.782. The summed E-state index contributed by atoms with van der Waals surface area (Å²) in [5.74, 6) is -0.800. The monoisotopic (exact) mass is 266 g/mol. The van der Waals surface area contributed by atoms with Gasteiger partial charge in [-0.2, -0.15) is 0 Å². The Morgan fingerprint density at radius 1 is 1.32 bits per heavy atom. The molecule has 2 aliphatic rings. The summed E-state index contributed by atoms with van der Waals surface area (Å²) in [6.45, 7) is 4.03. The molecule has 1 aromatic carbocycles. The zero-order valence-electron chi connectivity index (χ0n) is 10.8. The molecule has 1 saturated heterocycles. The minimum atomic E-state index is -0.653. The number of benzene rings is 1. The van der Waals surface area contributed by atoms with Crippen LogP contribution in [-0.2, 0) is 9.47 Å². The molecule has 1 unspecified atom stereocenters. The second-order valence-corrected chi connectivity index (χ2v) is 5.29. The van der Waals surface area contributed by atoms with Gasteiger partial charge in [-0.1, -0.05) is 0 Å². The van der Waals surface area contributed by atoms with Crippen LogP contribution < -0.4 is 4.74 Å². The third-order valence-electron chi connectivity index (χ3n) is 3.35. The molecule has 2 aliphatic heterocycles. The standard InChI is InChI=1S/C14H15FO4/c1-14(2)17-7-13(19-14)12-6-10(16)9-5-8(15)3-4-11(9)18-12/h3-5,12-13H,6-7H2,1-2H3/t12-,13?/m1/s1. The molecule has 2 atom stereocenters. The number of carbonyl (C=O) groups is 1. The van der Waals surface area contributed by atoms with Gasteiger partial charge in [0, 0.05) is 0 Å². The van der Waals surface area contributed by atoms with Crippen LogP contribution in [-0.4, -0.2) is 30.4 Å². The Balaban J connectivity index is 1.82. The molecule has 0 aliphatic carbocycles. The van der Waals surface area contributed by atoms with Gasteiger partial charge in [0.05, 0.1) is 18.6 Å². The molecular weight excluding hydrogens is 251 g/mol. The molecule has 0 bridgehead atoms. The average Bonchev–Trinajstić information content (AvgIpc) is 2.70. The number of carbonyl (C=O) groups excluding carboxylic acids is 1. The molecule has 4 nitrogen and oxygen atoms in total. The third kappa shape index (κ3) is 2.35. The highest BCUT2D eigenvalue weighted by Crippen LogP contribution is 2.33. The SMILES string of the molecule is CC1(C)OCC([C@H]2CC(=O)c3cc(F)ccc3O2)O1. The summed E-state index contributed by atoms with van der Waals surface area (Å²) in [7, 11) is 0. The van der Waals surface area contributed by atoms with Crippen molar-refractivity contribution in [3.63, 3.8) is 0 Å². The number of fused-ring (bicyclic) bond motifs is 1. The maximum Gasteiger partial charge on any atom is 0.170 e. The van der Waals surface area contributed by atoms with Crippen LogP contribution in [0.25, 0.3) is 0 Å². The normalized spacial score (nSPS) is 28.9. The van der Waals surface area contributed by atoms with E-state index < -0.39 is 11.6 Å². The molecule has 1 aromatic rings. The van der Waals surface area contributed by atoms with Crippen molar-refractivity contribution in [2.24, 2.45) is 0 Å². The fraction of sp³-hybridized carbons (Fsp3) is 0.500. The molecule has 0 aromatic heterocycles. The van der Waals surface area contributed by atoms with Gasteiger partial charge in [0.25, 0.3) is 0 Å². The number of rotatable bonds is 1. The van der Waals surface area contributed by atoms with Gasteiger partial charge >= 0.3 is 0 Å². The lowest BCUT2D eigenvalue weighted by atomic mass is 9.98. The lowest BCUT2D eigenvalue weighted by Gasteiger charge is -2.29. The first-order chi connectivity index (χ1) is 8.94. The van der Waals surface area contributed by atoms with E-state index >= 15 is 0 Å².